The molecule has 1 saturated heterocycles. The van der Waals surface area contributed by atoms with Crippen LogP contribution in [0.3, 0.4) is 0 Å². The number of nitrogens with one attached hydrogen (secondary N) is 1. The predicted octanol–water partition coefficient (Wildman–Crippen LogP) is 1.02. The van der Waals surface area contributed by atoms with Crippen LogP contribution >= 0.6 is 0 Å². The predicted molar refractivity (Wildman–Crippen MR) is 121 cm³/mol. The molecule has 1 fully saturated rings. The van der Waals surface area contributed by atoms with Crippen molar-refractivity contribution in [2.45, 2.75) is 25.2 Å². The molecule has 36 heavy (non-hydrogen) atoms. The SMILES string of the molecule is [2H]c1c(F)c(-c2ccc3nnn(CCF)c3c2)c2c(OC)nc(=N[C@H]3CCN(C(=O)CO)C[C@@H]3F)[nH]n12. The van der Waals surface area contributed by atoms with E-state index in [0.717, 1.165) is 4.52 Å². The van der Waals surface area contributed by atoms with E-state index in [1.54, 1.807) is 18.2 Å². The molecule has 0 saturated carbocycles. The number of piperidine rings is 1. The summed E-state index contributed by atoms with van der Waals surface area (Å²) >= 11 is 0. The third kappa shape index (κ3) is 4.17. The zero-order valence-electron chi connectivity index (χ0n) is 20.2. The summed E-state index contributed by atoms with van der Waals surface area (Å²) < 4.78 is 59.3. The minimum absolute atomic E-state index is 0.0190. The van der Waals surface area contributed by atoms with Crippen LogP contribution in [0.4, 0.5) is 13.2 Å². The highest BCUT2D eigenvalue weighted by Crippen LogP contribution is 2.34. The standard InChI is InChI=1S/C22H23F3N8O3/c1-36-21-20-19(12-2-3-16-17(8-12)32(7-5-23)30-28-16)14(25)10-33(20)29-22(27-21)26-15-4-6-31(9-13(15)24)18(35)11-34/h2-3,8,10,13,15,34H,4-7,9,11H2,1H3,(H,26,29)/t13-,15-/m0/s1/i10D. The summed E-state index contributed by atoms with van der Waals surface area (Å²) in [5.74, 6) is -1.48. The molecule has 1 aliphatic rings. The number of aliphatic hydroxyl groups excluding tert-OH is 1. The topological polar surface area (TPSA) is 126 Å². The Bertz CT molecular complexity index is 1550. The highest BCUT2D eigenvalue weighted by Gasteiger charge is 2.31. The first-order chi connectivity index (χ1) is 17.9. The van der Waals surface area contributed by atoms with E-state index >= 15 is 4.39 Å². The number of fused-ring (bicyclic) bond motifs is 2. The summed E-state index contributed by atoms with van der Waals surface area (Å²) in [5.41, 5.74) is 1.40. The van der Waals surface area contributed by atoms with E-state index < -0.39 is 43.4 Å². The fourth-order valence-corrected chi connectivity index (χ4v) is 4.34. The third-order valence-corrected chi connectivity index (χ3v) is 6.09. The van der Waals surface area contributed by atoms with Crippen molar-refractivity contribution in [3.8, 4) is 17.0 Å². The van der Waals surface area contributed by atoms with Gasteiger partial charge in [0.2, 0.25) is 17.4 Å². The van der Waals surface area contributed by atoms with E-state index in [1.165, 1.54) is 16.7 Å². The molecular weight excluding hydrogens is 481 g/mol. The van der Waals surface area contributed by atoms with Crippen molar-refractivity contribution < 1.29 is 29.2 Å². The molecular formula is C22H23F3N8O3. The number of hydrogen-bond acceptors (Lipinski definition) is 7. The monoisotopic (exact) mass is 505 g/mol. The molecule has 190 valence electrons. The van der Waals surface area contributed by atoms with Gasteiger partial charge in [-0.05, 0) is 24.1 Å². The highest BCUT2D eigenvalue weighted by molar-refractivity contribution is 5.89. The first kappa shape index (κ1) is 22.5. The molecule has 14 heteroatoms. The van der Waals surface area contributed by atoms with Crippen molar-refractivity contribution in [2.75, 3.05) is 33.5 Å². The van der Waals surface area contributed by atoms with Crippen LogP contribution in [0.5, 0.6) is 5.88 Å². The number of aromatic nitrogens is 6. The normalized spacial score (nSPS) is 19.3. The molecule has 5 rings (SSSR count). The lowest BCUT2D eigenvalue weighted by atomic mass is 10.0. The Morgan fingerprint density at radius 3 is 3.00 bits per heavy atom. The maximum absolute atomic E-state index is 15.4. The van der Waals surface area contributed by atoms with E-state index in [1.807, 2.05) is 0 Å². The average Bonchev–Trinajstić information content (AvgIpc) is 3.42. The molecule has 0 aliphatic carbocycles. The second-order valence-corrected chi connectivity index (χ2v) is 8.25. The molecule has 0 bridgehead atoms. The molecule has 11 nitrogen and oxygen atoms in total. The van der Waals surface area contributed by atoms with E-state index in [4.69, 9.17) is 11.2 Å². The van der Waals surface area contributed by atoms with Gasteiger partial charge in [-0.25, -0.2) is 22.8 Å². The summed E-state index contributed by atoms with van der Waals surface area (Å²) in [6.07, 6.45) is -1.86. The van der Waals surface area contributed by atoms with Crippen LogP contribution in [0.2, 0.25) is 0 Å². The first-order valence-electron chi connectivity index (χ1n) is 11.7. The van der Waals surface area contributed by atoms with E-state index in [9.17, 15) is 13.6 Å². The quantitative estimate of drug-likeness (QED) is 0.403. The fraction of sp³-hybridized carbons (Fsp3) is 0.409. The molecule has 2 N–H and O–H groups in total. The number of benzene rings is 1. The maximum Gasteiger partial charge on any atom is 0.248 e. The zero-order chi connectivity index (χ0) is 26.3. The summed E-state index contributed by atoms with van der Waals surface area (Å²) in [7, 11) is 1.32. The van der Waals surface area contributed by atoms with Gasteiger partial charge in [-0.2, -0.15) is 4.98 Å². The van der Waals surface area contributed by atoms with Gasteiger partial charge >= 0.3 is 0 Å². The number of H-pyrrole nitrogens is 1. The number of amides is 1. The largest absolute Gasteiger partial charge is 0.479 e. The van der Waals surface area contributed by atoms with Crippen molar-refractivity contribution >= 4 is 22.5 Å². The Balaban J connectivity index is 1.59. The van der Waals surface area contributed by atoms with Crippen molar-refractivity contribution in [1.82, 2.24) is 34.5 Å². The number of halogens is 3. The summed E-state index contributed by atoms with van der Waals surface area (Å²) in [6, 6.07) is 3.95. The lowest BCUT2D eigenvalue weighted by molar-refractivity contribution is -0.136. The molecule has 3 aromatic heterocycles. The molecule has 4 aromatic rings. The Morgan fingerprint density at radius 1 is 1.44 bits per heavy atom. The van der Waals surface area contributed by atoms with Gasteiger partial charge in [-0.15, -0.1) is 5.10 Å². The van der Waals surface area contributed by atoms with E-state index in [-0.39, 0.29) is 48.6 Å². The Morgan fingerprint density at radius 2 is 2.28 bits per heavy atom. The maximum atomic E-state index is 15.4. The summed E-state index contributed by atoms with van der Waals surface area (Å²) in [5, 5.41) is 19.6. The van der Waals surface area contributed by atoms with Gasteiger partial charge in [-0.3, -0.25) is 14.4 Å². The van der Waals surface area contributed by atoms with E-state index in [0.29, 0.717) is 16.6 Å². The number of carbonyl (C=O) groups excluding carboxylic acids is 1. The number of ether oxygens (including phenoxy) is 1. The number of rotatable bonds is 6. The fourth-order valence-electron chi connectivity index (χ4n) is 4.34. The van der Waals surface area contributed by atoms with E-state index in [2.05, 4.69) is 25.4 Å². The van der Waals surface area contributed by atoms with Crippen molar-refractivity contribution in [3.63, 3.8) is 0 Å². The zero-order valence-corrected chi connectivity index (χ0v) is 19.2. The van der Waals surface area contributed by atoms with Crippen LogP contribution in [0, 0.1) is 5.82 Å². The molecule has 1 aromatic carbocycles. The number of hydrogen-bond donors (Lipinski definition) is 2. The molecule has 0 unspecified atom stereocenters. The van der Waals surface area contributed by atoms with Crippen LogP contribution in [-0.2, 0) is 11.3 Å². The average molecular weight is 505 g/mol. The Kier molecular flexibility index (Phi) is 6.01. The van der Waals surface area contributed by atoms with Gasteiger partial charge in [0.1, 0.15) is 30.5 Å². The number of alkyl halides is 2. The smallest absolute Gasteiger partial charge is 0.248 e. The van der Waals surface area contributed by atoms with Crippen molar-refractivity contribution in [1.29, 1.82) is 0 Å². The number of methoxy groups -OCH3 is 1. The second kappa shape index (κ2) is 9.60. The van der Waals surface area contributed by atoms with Crippen LogP contribution in [0.15, 0.2) is 29.4 Å². The number of aryl methyl sites for hydroxylation is 1. The van der Waals surface area contributed by atoms with Gasteiger partial charge in [0.15, 0.2) is 5.82 Å². The molecule has 2 atom stereocenters. The summed E-state index contributed by atoms with van der Waals surface area (Å²) in [4.78, 5) is 21.5. The molecule has 0 radical (unpaired) electrons. The van der Waals surface area contributed by atoms with Crippen LogP contribution in [-0.4, -0.2) is 91.2 Å². The van der Waals surface area contributed by atoms with Crippen LogP contribution < -0.4 is 10.4 Å². The van der Waals surface area contributed by atoms with Gasteiger partial charge in [0.05, 0.1) is 44.9 Å². The number of carbonyl (C=O) groups is 1. The molecule has 1 aliphatic heterocycles. The summed E-state index contributed by atoms with van der Waals surface area (Å²) in [6.45, 7) is -1.40. The van der Waals surface area contributed by atoms with Crippen LogP contribution in [0.1, 0.15) is 7.79 Å². The lowest BCUT2D eigenvalue weighted by Gasteiger charge is -2.32. The molecule has 4 heterocycles. The van der Waals surface area contributed by atoms with Gasteiger partial charge in [-0.1, -0.05) is 11.3 Å². The minimum Gasteiger partial charge on any atom is -0.479 e. The Labute approximate surface area is 203 Å². The second-order valence-electron chi connectivity index (χ2n) is 8.25. The van der Waals surface area contributed by atoms with Gasteiger partial charge < -0.3 is 14.7 Å². The highest BCUT2D eigenvalue weighted by atomic mass is 19.1. The Hall–Kier alpha value is -3.94. The van der Waals surface area contributed by atoms with Crippen molar-refractivity contribution in [2.24, 2.45) is 4.99 Å². The number of likely N-dealkylation sites (tertiary alicyclic amines) is 1. The minimum atomic E-state index is -1.51. The lowest BCUT2D eigenvalue weighted by Crippen LogP contribution is -2.48. The first-order valence-corrected chi connectivity index (χ1v) is 11.2. The molecule has 0 spiro atoms. The third-order valence-electron chi connectivity index (χ3n) is 6.09. The van der Waals surface area contributed by atoms with Gasteiger partial charge in [0, 0.05) is 6.54 Å². The van der Waals surface area contributed by atoms with Crippen molar-refractivity contribution in [3.05, 3.63) is 35.8 Å². The number of aromatic amines is 1. The number of aliphatic hydroxyl groups is 1. The van der Waals surface area contributed by atoms with Crippen LogP contribution in [0.25, 0.3) is 27.7 Å². The number of nitrogens with zero attached hydrogens (tertiary/aromatic N) is 7. The molecule has 1 amide bonds. The van der Waals surface area contributed by atoms with Gasteiger partial charge in [0.25, 0.3) is 0 Å².